The lowest BCUT2D eigenvalue weighted by Gasteiger charge is -2.15. The summed E-state index contributed by atoms with van der Waals surface area (Å²) in [4.78, 5) is 35.4. The van der Waals surface area contributed by atoms with Gasteiger partial charge in [-0.2, -0.15) is 0 Å². The van der Waals surface area contributed by atoms with Crippen molar-refractivity contribution in [2.24, 2.45) is 4.99 Å². The monoisotopic (exact) mass is 614 g/mol. The topological polar surface area (TPSA) is 125 Å². The smallest absolute Gasteiger partial charge is 0.253 e. The van der Waals surface area contributed by atoms with E-state index in [0.717, 1.165) is 16.8 Å². The van der Waals surface area contributed by atoms with Crippen LogP contribution in [0.4, 0.5) is 0 Å². The number of amides is 2. The lowest BCUT2D eigenvalue weighted by Crippen LogP contribution is -2.25. The fraction of sp³-hybridized carbons (Fsp3) is 0.212. The number of carbonyl (C=O) groups excluding carboxylic acids is 2. The van der Waals surface area contributed by atoms with Gasteiger partial charge in [0.1, 0.15) is 11.5 Å². The van der Waals surface area contributed by atoms with Crippen LogP contribution in [-0.4, -0.2) is 53.9 Å². The molecule has 0 aliphatic carbocycles. The van der Waals surface area contributed by atoms with Crippen LogP contribution in [0.5, 0.6) is 0 Å². The molecule has 2 heterocycles. The third-order valence-corrected chi connectivity index (χ3v) is 8.75. The van der Waals surface area contributed by atoms with E-state index < -0.39 is 9.84 Å². The lowest BCUT2D eigenvalue weighted by molar-refractivity contribution is -0.117. The largest absolute Gasteiger partial charge is 0.348 e. The molecule has 2 N–H and O–H groups in total. The summed E-state index contributed by atoms with van der Waals surface area (Å²) in [5, 5.41) is 5.69. The van der Waals surface area contributed by atoms with Gasteiger partial charge in [-0.3, -0.25) is 14.6 Å². The van der Waals surface area contributed by atoms with Gasteiger partial charge in [0.05, 0.1) is 10.5 Å². The first-order valence-corrected chi connectivity index (χ1v) is 15.3. The van der Waals surface area contributed by atoms with Crippen molar-refractivity contribution in [2.45, 2.75) is 38.6 Å². The van der Waals surface area contributed by atoms with E-state index in [1.807, 2.05) is 6.08 Å². The van der Waals surface area contributed by atoms with E-state index in [0.29, 0.717) is 23.4 Å². The fourth-order valence-electron chi connectivity index (χ4n) is 4.01. The van der Waals surface area contributed by atoms with Gasteiger partial charge in [-0.1, -0.05) is 43.5 Å². The SMILES string of the molecule is C=CC(=CCC=C(C)S(=O)(=O)c1ccc(CNC(=O)C(C)=CN(C=C)C(C)=NC)cc1)CNC(=O)c1ccc2nccn2c1. The summed E-state index contributed by atoms with van der Waals surface area (Å²) >= 11 is 0. The summed E-state index contributed by atoms with van der Waals surface area (Å²) in [7, 11) is -2.05. The summed E-state index contributed by atoms with van der Waals surface area (Å²) in [5.74, 6) is 0.183. The zero-order chi connectivity index (χ0) is 32.3. The quantitative estimate of drug-likeness (QED) is 0.121. The Morgan fingerprint density at radius 3 is 2.43 bits per heavy atom. The molecule has 1 aromatic carbocycles. The van der Waals surface area contributed by atoms with Crippen molar-refractivity contribution in [3.63, 3.8) is 0 Å². The van der Waals surface area contributed by atoms with Gasteiger partial charge < -0.3 is 19.9 Å². The number of imidazole rings is 1. The highest BCUT2D eigenvalue weighted by molar-refractivity contribution is 7.95. The summed E-state index contributed by atoms with van der Waals surface area (Å²) in [6.07, 6.45) is 13.7. The first kappa shape index (κ1) is 33.5. The lowest BCUT2D eigenvalue weighted by atomic mass is 10.2. The second-order valence-corrected chi connectivity index (χ2v) is 12.0. The number of hydrogen-bond donors (Lipinski definition) is 2. The number of hydrogen-bond acceptors (Lipinski definition) is 6. The van der Waals surface area contributed by atoms with Gasteiger partial charge in [-0.25, -0.2) is 13.4 Å². The standard InChI is InChI=1S/C33H38N6O4S/c1-7-27(20-37-33(41)29-14-17-31-35-18-19-39(31)23-29)11-9-10-25(4)44(42,43)30-15-12-28(13-16-30)21-36-32(40)24(3)22-38(8-2)26(5)34-6/h7-8,10-19,22-23H,1-2,9,20-21H2,3-6H3,(H,36,40)(H,37,41). The fourth-order valence-corrected chi connectivity index (χ4v) is 5.19. The van der Waals surface area contributed by atoms with Crippen molar-refractivity contribution in [3.05, 3.63) is 126 Å². The molecule has 0 spiro atoms. The van der Waals surface area contributed by atoms with Crippen molar-refractivity contribution in [3.8, 4) is 0 Å². The molecule has 0 radical (unpaired) electrons. The Morgan fingerprint density at radius 2 is 1.77 bits per heavy atom. The van der Waals surface area contributed by atoms with Crippen LogP contribution in [0.2, 0.25) is 0 Å². The zero-order valence-corrected chi connectivity index (χ0v) is 26.3. The van der Waals surface area contributed by atoms with E-state index in [1.165, 1.54) is 12.1 Å². The molecule has 0 aliphatic rings. The Morgan fingerprint density at radius 1 is 1.05 bits per heavy atom. The molecule has 2 amide bonds. The molecule has 3 rings (SSSR count). The number of allylic oxidation sites excluding steroid dienone is 3. The average Bonchev–Trinajstić information content (AvgIpc) is 3.51. The zero-order valence-electron chi connectivity index (χ0n) is 25.4. The van der Waals surface area contributed by atoms with Crippen LogP contribution < -0.4 is 10.6 Å². The van der Waals surface area contributed by atoms with E-state index in [-0.39, 0.29) is 34.7 Å². The molecule has 11 heteroatoms. The molecule has 0 saturated carbocycles. The number of nitrogens with one attached hydrogen (secondary N) is 2. The second kappa shape index (κ2) is 15.4. The predicted octanol–water partition coefficient (Wildman–Crippen LogP) is 4.96. The van der Waals surface area contributed by atoms with E-state index in [2.05, 4.69) is 33.8 Å². The molecule has 0 fully saturated rings. The van der Waals surface area contributed by atoms with E-state index in [1.54, 1.807) is 105 Å². The van der Waals surface area contributed by atoms with Crippen molar-refractivity contribution in [2.75, 3.05) is 13.6 Å². The normalized spacial score (nSPS) is 13.0. The minimum absolute atomic E-state index is 0.156. The number of pyridine rings is 1. The van der Waals surface area contributed by atoms with Gasteiger partial charge in [-0.05, 0) is 62.6 Å². The number of aliphatic imine (C=N–C) groups is 1. The van der Waals surface area contributed by atoms with Gasteiger partial charge in [0.2, 0.25) is 15.7 Å². The maximum absolute atomic E-state index is 13.1. The summed E-state index contributed by atoms with van der Waals surface area (Å²) in [6.45, 7) is 13.0. The second-order valence-electron chi connectivity index (χ2n) is 9.83. The summed E-state index contributed by atoms with van der Waals surface area (Å²) in [6, 6.07) is 9.87. The van der Waals surface area contributed by atoms with Crippen LogP contribution >= 0.6 is 0 Å². The number of sulfone groups is 1. The molecule has 0 saturated heterocycles. The van der Waals surface area contributed by atoms with Gasteiger partial charge >= 0.3 is 0 Å². The first-order chi connectivity index (χ1) is 21.0. The molecular weight excluding hydrogens is 576 g/mol. The van der Waals surface area contributed by atoms with E-state index in [4.69, 9.17) is 0 Å². The third kappa shape index (κ3) is 8.74. The maximum atomic E-state index is 13.1. The van der Waals surface area contributed by atoms with Gasteiger partial charge in [-0.15, -0.1) is 0 Å². The molecule has 10 nitrogen and oxygen atoms in total. The van der Waals surface area contributed by atoms with Crippen LogP contribution in [0.25, 0.3) is 5.65 Å². The molecule has 0 unspecified atom stereocenters. The summed E-state index contributed by atoms with van der Waals surface area (Å²) in [5.41, 5.74) is 3.22. The van der Waals surface area contributed by atoms with Crippen molar-refractivity contribution in [1.29, 1.82) is 0 Å². The van der Waals surface area contributed by atoms with Crippen molar-refractivity contribution < 1.29 is 18.0 Å². The van der Waals surface area contributed by atoms with E-state index in [9.17, 15) is 18.0 Å². The van der Waals surface area contributed by atoms with Crippen LogP contribution in [0, 0.1) is 0 Å². The molecular formula is C33H38N6O4S. The number of rotatable bonds is 13. The Balaban J connectivity index is 1.56. The van der Waals surface area contributed by atoms with Crippen LogP contribution in [0.1, 0.15) is 43.1 Å². The molecule has 0 bridgehead atoms. The first-order valence-electron chi connectivity index (χ1n) is 13.8. The van der Waals surface area contributed by atoms with E-state index >= 15 is 0 Å². The minimum atomic E-state index is -3.70. The number of benzene rings is 1. The minimum Gasteiger partial charge on any atom is -0.348 e. The number of aromatic nitrogens is 2. The molecule has 3 aromatic rings. The Bertz CT molecular complexity index is 1760. The number of amidine groups is 1. The average molecular weight is 615 g/mol. The van der Waals surface area contributed by atoms with Crippen LogP contribution in [-0.2, 0) is 21.2 Å². The van der Waals surface area contributed by atoms with Crippen molar-refractivity contribution in [1.82, 2.24) is 24.9 Å². The molecule has 0 aliphatic heterocycles. The third-order valence-electron chi connectivity index (χ3n) is 6.85. The predicted molar refractivity (Wildman–Crippen MR) is 174 cm³/mol. The molecule has 44 heavy (non-hydrogen) atoms. The Labute approximate surface area is 258 Å². The molecule has 2 aromatic heterocycles. The van der Waals surface area contributed by atoms with Gasteiger partial charge in [0.15, 0.2) is 0 Å². The highest BCUT2D eigenvalue weighted by Gasteiger charge is 2.17. The highest BCUT2D eigenvalue weighted by Crippen LogP contribution is 2.20. The Kier molecular flexibility index (Phi) is 11.7. The molecule has 0 atom stereocenters. The maximum Gasteiger partial charge on any atom is 0.253 e. The van der Waals surface area contributed by atoms with Crippen molar-refractivity contribution >= 4 is 33.1 Å². The van der Waals surface area contributed by atoms with Crippen LogP contribution in [0.3, 0.4) is 0 Å². The number of carbonyl (C=O) groups is 2. The number of nitrogens with zero attached hydrogens (tertiary/aromatic N) is 4. The Hall–Kier alpha value is -5.03. The highest BCUT2D eigenvalue weighted by atomic mass is 32.2. The molecule has 230 valence electrons. The van der Waals surface area contributed by atoms with Crippen LogP contribution in [0.15, 0.2) is 125 Å². The number of fused-ring (bicyclic) bond motifs is 1. The van der Waals surface area contributed by atoms with Gasteiger partial charge in [0.25, 0.3) is 5.91 Å². The van der Waals surface area contributed by atoms with Gasteiger partial charge in [0, 0.05) is 61.6 Å². The summed E-state index contributed by atoms with van der Waals surface area (Å²) < 4.78 is 28.0.